The molecule has 0 radical (unpaired) electrons. The Bertz CT molecular complexity index is 516. The van der Waals surface area contributed by atoms with Gasteiger partial charge in [-0.15, -0.1) is 0 Å². The fraction of sp³-hybridized carbons (Fsp3) is 0.720. The third-order valence-corrected chi connectivity index (χ3v) is 6.36. The van der Waals surface area contributed by atoms with Crippen LogP contribution >= 0.6 is 0 Å². The fourth-order valence-electron chi connectivity index (χ4n) is 4.62. The molecule has 0 N–H and O–H groups in total. The van der Waals surface area contributed by atoms with Crippen molar-refractivity contribution in [3.05, 3.63) is 35.4 Å². The van der Waals surface area contributed by atoms with Gasteiger partial charge in [-0.2, -0.15) is 5.26 Å². The molecule has 1 saturated carbocycles. The Morgan fingerprint density at radius 3 is 2.15 bits per heavy atom. The van der Waals surface area contributed by atoms with Gasteiger partial charge in [0.15, 0.2) is 0 Å². The number of nitrogens with zero attached hydrogens (tertiary/aromatic N) is 1. The summed E-state index contributed by atoms with van der Waals surface area (Å²) in [6, 6.07) is 11.6. The molecule has 1 aromatic carbocycles. The Hall–Kier alpha value is -1.29. The van der Waals surface area contributed by atoms with E-state index in [2.05, 4.69) is 44.2 Å². The molecule has 144 valence electrons. The average Bonchev–Trinajstić information content (AvgIpc) is 2.68. The lowest BCUT2D eigenvalue weighted by atomic mass is 9.73. The fourth-order valence-corrected chi connectivity index (χ4v) is 4.62. The topological polar surface area (TPSA) is 23.8 Å². The van der Waals surface area contributed by atoms with Crippen LogP contribution in [0, 0.1) is 29.1 Å². The average molecular weight is 354 g/mol. The molecule has 1 aromatic rings. The van der Waals surface area contributed by atoms with Crippen molar-refractivity contribution in [2.45, 2.75) is 97.3 Å². The molecule has 1 unspecified atom stereocenters. The summed E-state index contributed by atoms with van der Waals surface area (Å²) in [4.78, 5) is 0. The number of benzene rings is 1. The van der Waals surface area contributed by atoms with Crippen molar-refractivity contribution >= 4 is 0 Å². The number of unbranched alkanes of at least 4 members (excludes halogenated alkanes) is 4. The molecule has 1 aliphatic rings. The molecule has 0 aliphatic heterocycles. The van der Waals surface area contributed by atoms with Crippen LogP contribution in [0.15, 0.2) is 24.3 Å². The molecular weight excluding hydrogens is 314 g/mol. The summed E-state index contributed by atoms with van der Waals surface area (Å²) in [5.41, 5.74) is 2.76. The molecule has 0 amide bonds. The van der Waals surface area contributed by atoms with E-state index < -0.39 is 0 Å². The maximum Gasteiger partial charge on any atom is 0.0662 e. The van der Waals surface area contributed by atoms with E-state index in [9.17, 15) is 5.26 Å². The Kier molecular flexibility index (Phi) is 9.83. The van der Waals surface area contributed by atoms with Crippen LogP contribution in [0.25, 0.3) is 0 Å². The molecule has 0 bridgehead atoms. The Balaban J connectivity index is 1.73. The highest BCUT2D eigenvalue weighted by Gasteiger charge is 2.27. The highest BCUT2D eigenvalue weighted by Crippen LogP contribution is 2.36. The number of hydrogen-bond acceptors (Lipinski definition) is 1. The van der Waals surface area contributed by atoms with Gasteiger partial charge in [0.25, 0.3) is 0 Å². The lowest BCUT2D eigenvalue weighted by molar-refractivity contribution is 0.220. The SMILES string of the molecule is CCCCCCC[C@H]1CC[C@H](C(C#N)Cc2ccc(CCC)cc2)CC1. The van der Waals surface area contributed by atoms with Gasteiger partial charge in [0.1, 0.15) is 0 Å². The standard InChI is InChI=1S/C25H39N/c1-3-5-6-7-8-10-22-15-17-24(18-16-22)25(20-26)19-23-13-11-21(9-4-2)12-14-23/h11-14,22,24-25H,3-10,15-19H2,1-2H3/t22-,24-,25?. The van der Waals surface area contributed by atoms with Crippen molar-refractivity contribution in [3.8, 4) is 6.07 Å². The highest BCUT2D eigenvalue weighted by molar-refractivity contribution is 5.23. The summed E-state index contributed by atoms with van der Waals surface area (Å²) in [5, 5.41) is 9.72. The van der Waals surface area contributed by atoms with Gasteiger partial charge < -0.3 is 0 Å². The second-order valence-corrected chi connectivity index (χ2v) is 8.49. The quantitative estimate of drug-likeness (QED) is 0.378. The third kappa shape index (κ3) is 7.14. The minimum Gasteiger partial charge on any atom is -0.198 e. The van der Waals surface area contributed by atoms with Crippen molar-refractivity contribution in [1.29, 1.82) is 5.26 Å². The molecule has 0 aromatic heterocycles. The second-order valence-electron chi connectivity index (χ2n) is 8.49. The minimum atomic E-state index is 0.206. The Morgan fingerprint density at radius 1 is 0.885 bits per heavy atom. The molecule has 1 nitrogen and oxygen atoms in total. The van der Waals surface area contributed by atoms with Crippen LogP contribution in [0.5, 0.6) is 0 Å². The predicted octanol–water partition coefficient (Wildman–Crippen LogP) is 7.49. The summed E-state index contributed by atoms with van der Waals surface area (Å²) in [6.07, 6.45) is 16.9. The van der Waals surface area contributed by atoms with Crippen LogP contribution in [-0.4, -0.2) is 0 Å². The molecule has 1 heteroatoms. The van der Waals surface area contributed by atoms with Crippen LogP contribution in [0.2, 0.25) is 0 Å². The first-order valence-electron chi connectivity index (χ1n) is 11.2. The van der Waals surface area contributed by atoms with E-state index in [0.717, 1.165) is 18.8 Å². The van der Waals surface area contributed by atoms with E-state index >= 15 is 0 Å². The Labute approximate surface area is 162 Å². The number of rotatable bonds is 11. The van der Waals surface area contributed by atoms with E-state index in [-0.39, 0.29) is 5.92 Å². The summed E-state index contributed by atoms with van der Waals surface area (Å²) in [7, 11) is 0. The molecule has 0 saturated heterocycles. The lowest BCUT2D eigenvalue weighted by Crippen LogP contribution is -2.22. The second kappa shape index (κ2) is 12.2. The van der Waals surface area contributed by atoms with Crippen LogP contribution in [0.3, 0.4) is 0 Å². The van der Waals surface area contributed by atoms with Crippen LogP contribution in [0.1, 0.15) is 95.6 Å². The molecular formula is C25H39N. The molecule has 0 heterocycles. The van der Waals surface area contributed by atoms with Crippen molar-refractivity contribution in [2.75, 3.05) is 0 Å². The summed E-state index contributed by atoms with van der Waals surface area (Å²) in [6.45, 7) is 4.51. The summed E-state index contributed by atoms with van der Waals surface area (Å²) in [5.74, 6) is 1.75. The number of nitriles is 1. The smallest absolute Gasteiger partial charge is 0.0662 e. The molecule has 0 spiro atoms. The Morgan fingerprint density at radius 2 is 1.54 bits per heavy atom. The number of hydrogen-bond donors (Lipinski definition) is 0. The van der Waals surface area contributed by atoms with Gasteiger partial charge >= 0.3 is 0 Å². The zero-order chi connectivity index (χ0) is 18.6. The van der Waals surface area contributed by atoms with Crippen molar-refractivity contribution in [3.63, 3.8) is 0 Å². The molecule has 1 fully saturated rings. The van der Waals surface area contributed by atoms with E-state index in [1.165, 1.54) is 81.8 Å². The summed E-state index contributed by atoms with van der Waals surface area (Å²) < 4.78 is 0. The molecule has 1 aliphatic carbocycles. The van der Waals surface area contributed by atoms with Crippen molar-refractivity contribution < 1.29 is 0 Å². The minimum absolute atomic E-state index is 0.206. The van der Waals surface area contributed by atoms with Gasteiger partial charge in [0, 0.05) is 0 Å². The van der Waals surface area contributed by atoms with E-state index in [1.807, 2.05) is 0 Å². The number of aryl methyl sites for hydroxylation is 1. The lowest BCUT2D eigenvalue weighted by Gasteiger charge is -2.31. The van der Waals surface area contributed by atoms with Crippen molar-refractivity contribution in [1.82, 2.24) is 0 Å². The zero-order valence-electron chi connectivity index (χ0n) is 17.2. The maximum absolute atomic E-state index is 9.72. The largest absolute Gasteiger partial charge is 0.198 e. The van der Waals surface area contributed by atoms with E-state index in [1.54, 1.807) is 0 Å². The van der Waals surface area contributed by atoms with Crippen LogP contribution in [-0.2, 0) is 12.8 Å². The third-order valence-electron chi connectivity index (χ3n) is 6.36. The summed E-state index contributed by atoms with van der Waals surface area (Å²) >= 11 is 0. The first-order valence-corrected chi connectivity index (χ1v) is 11.2. The van der Waals surface area contributed by atoms with Crippen molar-refractivity contribution in [2.24, 2.45) is 17.8 Å². The molecule has 26 heavy (non-hydrogen) atoms. The monoisotopic (exact) mass is 353 g/mol. The van der Waals surface area contributed by atoms with E-state index in [0.29, 0.717) is 5.92 Å². The maximum atomic E-state index is 9.72. The predicted molar refractivity (Wildman–Crippen MR) is 112 cm³/mol. The normalized spacial score (nSPS) is 21.3. The van der Waals surface area contributed by atoms with Gasteiger partial charge in [-0.25, -0.2) is 0 Å². The first kappa shape index (κ1) is 21.0. The highest BCUT2D eigenvalue weighted by atomic mass is 14.4. The van der Waals surface area contributed by atoms with Gasteiger partial charge in [0.2, 0.25) is 0 Å². The first-order chi connectivity index (χ1) is 12.8. The van der Waals surface area contributed by atoms with Gasteiger partial charge in [-0.05, 0) is 48.6 Å². The van der Waals surface area contributed by atoms with Crippen LogP contribution in [0.4, 0.5) is 0 Å². The molecule has 2 rings (SSSR count). The molecule has 1 atom stereocenters. The van der Waals surface area contributed by atoms with Gasteiger partial charge in [-0.3, -0.25) is 0 Å². The van der Waals surface area contributed by atoms with E-state index in [4.69, 9.17) is 0 Å². The van der Waals surface area contributed by atoms with Crippen LogP contribution < -0.4 is 0 Å². The zero-order valence-corrected chi connectivity index (χ0v) is 17.2. The van der Waals surface area contributed by atoms with Gasteiger partial charge in [-0.1, -0.05) is 95.9 Å². The van der Waals surface area contributed by atoms with Gasteiger partial charge in [0.05, 0.1) is 12.0 Å².